The Morgan fingerprint density at radius 2 is 2.20 bits per heavy atom. The van der Waals surface area contributed by atoms with E-state index >= 15 is 0 Å². The lowest BCUT2D eigenvalue weighted by molar-refractivity contribution is 0.506. The zero-order valence-corrected chi connectivity index (χ0v) is 9.96. The third-order valence-corrected chi connectivity index (χ3v) is 2.34. The van der Waals surface area contributed by atoms with Gasteiger partial charge in [0.05, 0.1) is 5.69 Å². The van der Waals surface area contributed by atoms with Gasteiger partial charge in [0.2, 0.25) is 0 Å². The van der Waals surface area contributed by atoms with Crippen LogP contribution >= 0.6 is 12.4 Å². The van der Waals surface area contributed by atoms with E-state index in [1.807, 2.05) is 25.4 Å². The van der Waals surface area contributed by atoms with E-state index in [2.05, 4.69) is 16.4 Å². The van der Waals surface area contributed by atoms with Crippen LogP contribution in [0.4, 0.5) is 0 Å². The Bertz CT molecular complexity index is 241. The summed E-state index contributed by atoms with van der Waals surface area (Å²) in [5.74, 6) is 0. The monoisotopic (exact) mass is 229 g/mol. The van der Waals surface area contributed by atoms with Crippen molar-refractivity contribution in [1.29, 1.82) is 0 Å². The highest BCUT2D eigenvalue weighted by Gasteiger charge is 2.08. The fourth-order valence-electron chi connectivity index (χ4n) is 1.51. The molecule has 1 heterocycles. The third-order valence-electron chi connectivity index (χ3n) is 2.34. The summed E-state index contributed by atoms with van der Waals surface area (Å²) in [6, 6.07) is 6.39. The molecule has 1 aromatic rings. The van der Waals surface area contributed by atoms with Crippen LogP contribution in [0.1, 0.15) is 31.0 Å². The number of nitrogens with zero attached hydrogens (tertiary/aromatic N) is 1. The van der Waals surface area contributed by atoms with E-state index in [4.69, 9.17) is 5.73 Å². The highest BCUT2D eigenvalue weighted by atomic mass is 35.5. The van der Waals surface area contributed by atoms with E-state index in [9.17, 15) is 0 Å². The van der Waals surface area contributed by atoms with Crippen LogP contribution in [0.2, 0.25) is 0 Å². The maximum Gasteiger partial charge on any atom is 0.0573 e. The Morgan fingerprint density at radius 3 is 2.73 bits per heavy atom. The molecule has 1 aromatic heterocycles. The normalized spacial score (nSPS) is 11.9. The van der Waals surface area contributed by atoms with Gasteiger partial charge in [0, 0.05) is 12.2 Å². The van der Waals surface area contributed by atoms with E-state index in [1.54, 1.807) is 0 Å². The molecule has 0 saturated carbocycles. The molecule has 0 radical (unpaired) electrons. The van der Waals surface area contributed by atoms with Crippen LogP contribution in [-0.2, 0) is 0 Å². The van der Waals surface area contributed by atoms with E-state index in [0.717, 1.165) is 31.5 Å². The van der Waals surface area contributed by atoms with Gasteiger partial charge in [0.1, 0.15) is 0 Å². The van der Waals surface area contributed by atoms with Gasteiger partial charge >= 0.3 is 0 Å². The van der Waals surface area contributed by atoms with Gasteiger partial charge in [-0.25, -0.2) is 0 Å². The van der Waals surface area contributed by atoms with Crippen molar-refractivity contribution < 1.29 is 0 Å². The first kappa shape index (κ1) is 14.4. The average Bonchev–Trinajstić information content (AvgIpc) is 2.26. The van der Waals surface area contributed by atoms with Crippen molar-refractivity contribution in [2.24, 2.45) is 5.73 Å². The minimum atomic E-state index is 0. The van der Waals surface area contributed by atoms with Crippen molar-refractivity contribution in [1.82, 2.24) is 10.3 Å². The number of rotatable bonds is 6. The van der Waals surface area contributed by atoms with Gasteiger partial charge < -0.3 is 11.1 Å². The molecule has 0 aliphatic carbocycles. The molecule has 0 aliphatic heterocycles. The maximum atomic E-state index is 5.46. The Balaban J connectivity index is 0.00000196. The molecule has 1 rings (SSSR count). The first-order valence-electron chi connectivity index (χ1n) is 5.16. The summed E-state index contributed by atoms with van der Waals surface area (Å²) in [5, 5.41) is 3.27. The van der Waals surface area contributed by atoms with Crippen LogP contribution in [0, 0.1) is 0 Å². The van der Waals surface area contributed by atoms with Crippen LogP contribution in [0.15, 0.2) is 24.4 Å². The van der Waals surface area contributed by atoms with E-state index < -0.39 is 0 Å². The molecular formula is C11H20ClN3. The van der Waals surface area contributed by atoms with Crippen LogP contribution in [0.3, 0.4) is 0 Å². The topological polar surface area (TPSA) is 50.9 Å². The van der Waals surface area contributed by atoms with Crippen LogP contribution in [-0.4, -0.2) is 18.6 Å². The fourth-order valence-corrected chi connectivity index (χ4v) is 1.51. The molecule has 3 nitrogen and oxygen atoms in total. The lowest BCUT2D eigenvalue weighted by Gasteiger charge is -2.14. The Morgan fingerprint density at radius 1 is 1.40 bits per heavy atom. The van der Waals surface area contributed by atoms with Gasteiger partial charge in [0.25, 0.3) is 0 Å². The van der Waals surface area contributed by atoms with Crippen molar-refractivity contribution >= 4 is 12.4 Å². The second-order valence-corrected chi connectivity index (χ2v) is 3.38. The molecule has 0 fully saturated rings. The molecule has 0 bridgehead atoms. The van der Waals surface area contributed by atoms with Crippen molar-refractivity contribution in [3.8, 4) is 0 Å². The first-order valence-corrected chi connectivity index (χ1v) is 5.16. The number of aromatic nitrogens is 1. The number of hydrogen-bond donors (Lipinski definition) is 2. The number of nitrogens with one attached hydrogen (secondary N) is 1. The van der Waals surface area contributed by atoms with E-state index in [1.165, 1.54) is 0 Å². The molecular weight excluding hydrogens is 210 g/mol. The minimum Gasteiger partial charge on any atom is -0.330 e. The zero-order chi connectivity index (χ0) is 10.2. The molecule has 0 amide bonds. The lowest BCUT2D eigenvalue weighted by Crippen LogP contribution is -2.17. The third kappa shape index (κ3) is 5.11. The molecule has 86 valence electrons. The van der Waals surface area contributed by atoms with E-state index in [0.29, 0.717) is 6.04 Å². The van der Waals surface area contributed by atoms with Crippen molar-refractivity contribution in [2.45, 2.75) is 25.3 Å². The molecule has 0 aromatic carbocycles. The molecule has 3 N–H and O–H groups in total. The number of pyridine rings is 1. The predicted molar refractivity (Wildman–Crippen MR) is 66.2 cm³/mol. The molecule has 0 saturated heterocycles. The van der Waals surface area contributed by atoms with Crippen molar-refractivity contribution in [3.05, 3.63) is 30.1 Å². The Hall–Kier alpha value is -0.640. The van der Waals surface area contributed by atoms with Gasteiger partial charge in [0.15, 0.2) is 0 Å². The fraction of sp³-hybridized carbons (Fsp3) is 0.545. The Labute approximate surface area is 97.9 Å². The average molecular weight is 230 g/mol. The van der Waals surface area contributed by atoms with Crippen LogP contribution < -0.4 is 11.1 Å². The number of unbranched alkanes of at least 4 members (excludes halogenated alkanes) is 1. The van der Waals surface area contributed by atoms with Crippen LogP contribution in [0.25, 0.3) is 0 Å². The number of nitrogens with two attached hydrogens (primary N) is 1. The molecule has 0 aliphatic rings. The molecule has 1 unspecified atom stereocenters. The smallest absolute Gasteiger partial charge is 0.0573 e. The van der Waals surface area contributed by atoms with Gasteiger partial charge in [-0.2, -0.15) is 0 Å². The second-order valence-electron chi connectivity index (χ2n) is 3.38. The van der Waals surface area contributed by atoms with Crippen LogP contribution in [0.5, 0.6) is 0 Å². The first-order chi connectivity index (χ1) is 6.88. The largest absolute Gasteiger partial charge is 0.330 e. The molecule has 1 atom stereocenters. The highest BCUT2D eigenvalue weighted by Crippen LogP contribution is 2.15. The Kier molecular flexibility index (Phi) is 8.28. The summed E-state index contributed by atoms with van der Waals surface area (Å²) in [7, 11) is 1.97. The molecule has 0 spiro atoms. The zero-order valence-electron chi connectivity index (χ0n) is 9.15. The summed E-state index contributed by atoms with van der Waals surface area (Å²) >= 11 is 0. The van der Waals surface area contributed by atoms with Crippen molar-refractivity contribution in [3.63, 3.8) is 0 Å². The standard InChI is InChI=1S/C11H19N3.ClH/c1-13-10(6-2-4-8-12)11-7-3-5-9-14-11;/h3,5,7,9-10,13H,2,4,6,8,12H2,1H3;1H. The minimum absolute atomic E-state index is 0. The molecule has 15 heavy (non-hydrogen) atoms. The summed E-state index contributed by atoms with van der Waals surface area (Å²) in [6.45, 7) is 0.776. The van der Waals surface area contributed by atoms with Gasteiger partial charge in [-0.1, -0.05) is 12.5 Å². The summed E-state index contributed by atoms with van der Waals surface area (Å²) in [4.78, 5) is 4.33. The quantitative estimate of drug-likeness (QED) is 0.733. The van der Waals surface area contributed by atoms with Gasteiger partial charge in [-0.05, 0) is 38.6 Å². The summed E-state index contributed by atoms with van der Waals surface area (Å²) < 4.78 is 0. The van der Waals surface area contributed by atoms with Gasteiger partial charge in [-0.15, -0.1) is 12.4 Å². The molecule has 4 heteroatoms. The van der Waals surface area contributed by atoms with Crippen molar-refractivity contribution in [2.75, 3.05) is 13.6 Å². The number of halogens is 1. The van der Waals surface area contributed by atoms with E-state index in [-0.39, 0.29) is 12.4 Å². The SMILES string of the molecule is CNC(CCCCN)c1ccccn1.Cl. The summed E-state index contributed by atoms with van der Waals surface area (Å²) in [6.07, 6.45) is 5.18. The second kappa shape index (κ2) is 8.65. The maximum absolute atomic E-state index is 5.46. The number of hydrogen-bond acceptors (Lipinski definition) is 3. The summed E-state index contributed by atoms with van der Waals surface area (Å²) in [5.41, 5.74) is 6.58. The van der Waals surface area contributed by atoms with Gasteiger partial charge in [-0.3, -0.25) is 4.98 Å². The lowest BCUT2D eigenvalue weighted by atomic mass is 10.1. The highest BCUT2D eigenvalue weighted by molar-refractivity contribution is 5.85. The predicted octanol–water partition coefficient (Wildman–Crippen LogP) is 1.89.